The second kappa shape index (κ2) is 8.47. The Morgan fingerprint density at radius 1 is 1.21 bits per heavy atom. The Morgan fingerprint density at radius 3 is 2.55 bits per heavy atom. The number of aliphatic hydroxyl groups excluding tert-OH is 1. The molecule has 1 aliphatic carbocycles. The molecular weight excluding hydrogens is 430 g/mol. The number of carbonyl (C=O) groups is 1. The van der Waals surface area contributed by atoms with E-state index >= 15 is 0 Å². The van der Waals surface area contributed by atoms with Crippen LogP contribution in [0.1, 0.15) is 43.0 Å². The van der Waals surface area contributed by atoms with Crippen molar-refractivity contribution in [3.05, 3.63) is 70.8 Å². The molecular formula is C24H26F2N4O3. The van der Waals surface area contributed by atoms with Crippen molar-refractivity contribution >= 4 is 11.8 Å². The monoisotopic (exact) mass is 456 g/mol. The smallest absolute Gasteiger partial charge is 0.320 e. The quantitative estimate of drug-likeness (QED) is 0.544. The Labute approximate surface area is 190 Å². The zero-order chi connectivity index (χ0) is 23.9. The molecule has 174 valence electrons. The van der Waals surface area contributed by atoms with E-state index in [9.17, 15) is 18.7 Å². The number of nitrogens with one attached hydrogen (secondary N) is 2. The van der Waals surface area contributed by atoms with Crippen molar-refractivity contribution in [2.75, 3.05) is 12.4 Å². The van der Waals surface area contributed by atoms with Crippen LogP contribution in [-0.4, -0.2) is 34.1 Å². The van der Waals surface area contributed by atoms with E-state index in [1.807, 2.05) is 44.2 Å². The number of ether oxygens (including phenoxy) is 1. The van der Waals surface area contributed by atoms with Crippen LogP contribution in [-0.2, 0) is 5.41 Å². The average Bonchev–Trinajstić information content (AvgIpc) is 3.08. The molecule has 0 spiro atoms. The summed E-state index contributed by atoms with van der Waals surface area (Å²) in [5, 5.41) is 20.6. The van der Waals surface area contributed by atoms with Crippen LogP contribution in [0.3, 0.4) is 0 Å². The first kappa shape index (κ1) is 22.7. The van der Waals surface area contributed by atoms with Gasteiger partial charge in [-0.1, -0.05) is 32.0 Å². The molecule has 3 N–H and O–H groups in total. The minimum absolute atomic E-state index is 0.269. The lowest BCUT2D eigenvalue weighted by molar-refractivity contribution is 0.0878. The lowest BCUT2D eigenvalue weighted by atomic mass is 9.69. The van der Waals surface area contributed by atoms with Gasteiger partial charge in [-0.2, -0.15) is 0 Å². The van der Waals surface area contributed by atoms with E-state index in [1.54, 1.807) is 6.92 Å². The van der Waals surface area contributed by atoms with Gasteiger partial charge in [-0.25, -0.2) is 18.3 Å². The van der Waals surface area contributed by atoms with Gasteiger partial charge in [0, 0.05) is 0 Å². The number of hydrogen-bond donors (Lipinski definition) is 3. The summed E-state index contributed by atoms with van der Waals surface area (Å²) in [6, 6.07) is 9.84. The molecule has 7 nitrogen and oxygen atoms in total. The molecule has 2 aromatic carbocycles. The van der Waals surface area contributed by atoms with Gasteiger partial charge in [0.2, 0.25) is 5.88 Å². The SMILES string of the molecule is COc1nn(-c2ccccc2)c(NC(=O)NC2c3cc(F)c(F)cc3C(C)(C)C[C@H]2O)c1C. The predicted octanol–water partition coefficient (Wildman–Crippen LogP) is 4.37. The van der Waals surface area contributed by atoms with Crippen LogP contribution in [0.2, 0.25) is 0 Å². The summed E-state index contributed by atoms with van der Waals surface area (Å²) >= 11 is 0. The normalized spacial score (nSPS) is 19.0. The summed E-state index contributed by atoms with van der Waals surface area (Å²) in [4.78, 5) is 13.0. The van der Waals surface area contributed by atoms with Gasteiger partial charge in [-0.15, -0.1) is 5.10 Å². The maximum absolute atomic E-state index is 14.1. The van der Waals surface area contributed by atoms with Crippen molar-refractivity contribution in [2.45, 2.75) is 44.8 Å². The highest BCUT2D eigenvalue weighted by atomic mass is 19.2. The number of amides is 2. The summed E-state index contributed by atoms with van der Waals surface area (Å²) in [7, 11) is 1.49. The van der Waals surface area contributed by atoms with E-state index in [-0.39, 0.29) is 6.42 Å². The van der Waals surface area contributed by atoms with E-state index in [0.29, 0.717) is 34.1 Å². The van der Waals surface area contributed by atoms with Crippen molar-refractivity contribution in [1.29, 1.82) is 0 Å². The largest absolute Gasteiger partial charge is 0.480 e. The fourth-order valence-electron chi connectivity index (χ4n) is 4.39. The molecule has 2 atom stereocenters. The van der Waals surface area contributed by atoms with Gasteiger partial charge < -0.3 is 15.2 Å². The van der Waals surface area contributed by atoms with Crippen LogP contribution < -0.4 is 15.4 Å². The Balaban J connectivity index is 1.66. The van der Waals surface area contributed by atoms with Crippen LogP contribution in [0, 0.1) is 18.6 Å². The molecule has 1 aliphatic rings. The van der Waals surface area contributed by atoms with Gasteiger partial charge >= 0.3 is 6.03 Å². The van der Waals surface area contributed by atoms with Crippen molar-refractivity contribution in [3.63, 3.8) is 0 Å². The predicted molar refractivity (Wildman–Crippen MR) is 120 cm³/mol. The average molecular weight is 456 g/mol. The molecule has 0 saturated carbocycles. The number of anilines is 1. The third kappa shape index (κ3) is 4.16. The van der Waals surface area contributed by atoms with Crippen molar-refractivity contribution < 1.29 is 23.4 Å². The van der Waals surface area contributed by atoms with Gasteiger partial charge in [0.25, 0.3) is 0 Å². The number of halogens is 2. The molecule has 1 aromatic heterocycles. The molecule has 0 saturated heterocycles. The van der Waals surface area contributed by atoms with Gasteiger partial charge in [-0.3, -0.25) is 5.32 Å². The number of nitrogens with zero attached hydrogens (tertiary/aromatic N) is 2. The maximum Gasteiger partial charge on any atom is 0.320 e. The van der Waals surface area contributed by atoms with Crippen LogP contribution in [0.25, 0.3) is 5.69 Å². The zero-order valence-electron chi connectivity index (χ0n) is 18.8. The molecule has 0 fully saturated rings. The molecule has 33 heavy (non-hydrogen) atoms. The van der Waals surface area contributed by atoms with Crippen molar-refractivity contribution in [3.8, 4) is 11.6 Å². The molecule has 0 bridgehead atoms. The molecule has 2 amide bonds. The highest BCUT2D eigenvalue weighted by Crippen LogP contribution is 2.42. The minimum atomic E-state index is -1.03. The molecule has 3 aromatic rings. The van der Waals surface area contributed by atoms with E-state index < -0.39 is 35.2 Å². The third-order valence-electron chi connectivity index (χ3n) is 6.05. The molecule has 4 rings (SSSR count). The van der Waals surface area contributed by atoms with Gasteiger partial charge in [0.1, 0.15) is 5.82 Å². The number of benzene rings is 2. The Morgan fingerprint density at radius 2 is 1.88 bits per heavy atom. The van der Waals surface area contributed by atoms with E-state index in [0.717, 1.165) is 12.1 Å². The Hall–Kier alpha value is -3.46. The van der Waals surface area contributed by atoms with Crippen LogP contribution >= 0.6 is 0 Å². The van der Waals surface area contributed by atoms with Crippen LogP contribution in [0.5, 0.6) is 5.88 Å². The molecule has 1 unspecified atom stereocenters. The lowest BCUT2D eigenvalue weighted by Gasteiger charge is -2.40. The molecule has 0 radical (unpaired) electrons. The van der Waals surface area contributed by atoms with E-state index in [2.05, 4.69) is 15.7 Å². The fraction of sp³-hybridized carbons (Fsp3) is 0.333. The molecule has 0 aliphatic heterocycles. The number of aromatic nitrogens is 2. The second-order valence-corrected chi connectivity index (χ2v) is 8.82. The van der Waals surface area contributed by atoms with E-state index in [4.69, 9.17) is 4.74 Å². The lowest BCUT2D eigenvalue weighted by Crippen LogP contribution is -2.45. The fourth-order valence-corrected chi connectivity index (χ4v) is 4.39. The van der Waals surface area contributed by atoms with Gasteiger partial charge in [0.05, 0.1) is 30.5 Å². The van der Waals surface area contributed by atoms with Crippen molar-refractivity contribution in [1.82, 2.24) is 15.1 Å². The summed E-state index contributed by atoms with van der Waals surface area (Å²) in [5.74, 6) is -1.27. The first-order chi connectivity index (χ1) is 15.6. The van der Waals surface area contributed by atoms with E-state index in [1.165, 1.54) is 11.8 Å². The zero-order valence-corrected chi connectivity index (χ0v) is 18.8. The summed E-state index contributed by atoms with van der Waals surface area (Å²) < 4.78 is 34.9. The topological polar surface area (TPSA) is 88.4 Å². The summed E-state index contributed by atoms with van der Waals surface area (Å²) in [6.07, 6.45) is -0.719. The molecule has 1 heterocycles. The minimum Gasteiger partial charge on any atom is -0.480 e. The summed E-state index contributed by atoms with van der Waals surface area (Å²) in [5.41, 5.74) is 1.62. The number of urea groups is 1. The first-order valence-electron chi connectivity index (χ1n) is 10.6. The number of aliphatic hydroxyl groups is 1. The number of para-hydroxylation sites is 1. The molecule has 9 heteroatoms. The number of rotatable bonds is 4. The second-order valence-electron chi connectivity index (χ2n) is 8.82. The van der Waals surface area contributed by atoms with Crippen LogP contribution in [0.4, 0.5) is 19.4 Å². The third-order valence-corrected chi connectivity index (χ3v) is 6.05. The first-order valence-corrected chi connectivity index (χ1v) is 10.6. The standard InChI is InChI=1S/C24H26F2N4O3/c1-13-21(30(29-22(13)33-4)14-8-6-5-7-9-14)28-23(32)27-20-15-10-17(25)18(26)11-16(15)24(2,3)12-19(20)31/h5-11,19-20,31H,12H2,1-4H3,(H2,27,28,32)/t19-,20?/m1/s1. The van der Waals surface area contributed by atoms with Gasteiger partial charge in [-0.05, 0) is 54.2 Å². The number of hydrogen-bond acceptors (Lipinski definition) is 4. The van der Waals surface area contributed by atoms with Gasteiger partial charge in [0.15, 0.2) is 11.6 Å². The highest BCUT2D eigenvalue weighted by molar-refractivity contribution is 5.90. The number of fused-ring (bicyclic) bond motifs is 1. The highest BCUT2D eigenvalue weighted by Gasteiger charge is 2.40. The number of carbonyl (C=O) groups excluding carboxylic acids is 1. The summed E-state index contributed by atoms with van der Waals surface area (Å²) in [6.45, 7) is 5.44. The number of methoxy groups -OCH3 is 1. The Bertz CT molecular complexity index is 1190. The van der Waals surface area contributed by atoms with Crippen LogP contribution in [0.15, 0.2) is 42.5 Å². The maximum atomic E-state index is 14.1. The van der Waals surface area contributed by atoms with Crippen molar-refractivity contribution in [2.24, 2.45) is 0 Å². The Kier molecular flexibility index (Phi) is 5.84.